The SMILES string of the molecule is CCCN1CCN(C(=O)Cn2cccc2-c2nc(-c3ccccc3)cs2)CC1. The van der Waals surface area contributed by atoms with Crippen LogP contribution in [0.1, 0.15) is 13.3 Å². The van der Waals surface area contributed by atoms with Gasteiger partial charge in [0.25, 0.3) is 0 Å². The molecule has 1 aromatic carbocycles. The zero-order chi connectivity index (χ0) is 19.3. The molecule has 3 heterocycles. The fourth-order valence-electron chi connectivity index (χ4n) is 3.66. The standard InChI is InChI=1S/C22H26N4OS/c1-2-10-24-12-14-25(15-13-24)21(27)16-26-11-6-9-20(26)22-23-19(17-28-22)18-7-4-3-5-8-18/h3-9,11,17H,2,10,12-16H2,1H3. The molecule has 1 aliphatic heterocycles. The van der Waals surface area contributed by atoms with Gasteiger partial charge in [0.05, 0.1) is 11.4 Å². The molecule has 4 rings (SSSR count). The summed E-state index contributed by atoms with van der Waals surface area (Å²) in [7, 11) is 0. The molecule has 0 aliphatic carbocycles. The number of hydrogen-bond acceptors (Lipinski definition) is 4. The van der Waals surface area contributed by atoms with Crippen LogP contribution in [0.2, 0.25) is 0 Å². The Bertz CT molecular complexity index is 910. The van der Waals surface area contributed by atoms with Gasteiger partial charge >= 0.3 is 0 Å². The highest BCUT2D eigenvalue weighted by Crippen LogP contribution is 2.29. The number of amides is 1. The van der Waals surface area contributed by atoms with E-state index in [1.807, 2.05) is 46.0 Å². The molecule has 3 aromatic rings. The Kier molecular flexibility index (Phi) is 5.88. The second-order valence-corrected chi connectivity index (χ2v) is 8.01. The predicted molar refractivity (Wildman–Crippen MR) is 114 cm³/mol. The maximum atomic E-state index is 12.8. The molecule has 0 spiro atoms. The zero-order valence-corrected chi connectivity index (χ0v) is 17.1. The van der Waals surface area contributed by atoms with Crippen LogP contribution in [-0.4, -0.2) is 58.0 Å². The van der Waals surface area contributed by atoms with Gasteiger partial charge in [0.15, 0.2) is 0 Å². The van der Waals surface area contributed by atoms with Gasteiger partial charge in [-0.05, 0) is 25.1 Å². The third-order valence-corrected chi connectivity index (χ3v) is 6.06. The smallest absolute Gasteiger partial charge is 0.242 e. The van der Waals surface area contributed by atoms with Gasteiger partial charge in [-0.2, -0.15) is 0 Å². The topological polar surface area (TPSA) is 41.4 Å². The normalized spacial score (nSPS) is 15.1. The lowest BCUT2D eigenvalue weighted by molar-refractivity contribution is -0.133. The predicted octanol–water partition coefficient (Wildman–Crippen LogP) is 3.83. The largest absolute Gasteiger partial charge is 0.339 e. The van der Waals surface area contributed by atoms with Gasteiger partial charge in [-0.3, -0.25) is 9.69 Å². The first-order chi connectivity index (χ1) is 13.7. The van der Waals surface area contributed by atoms with Crippen molar-refractivity contribution in [2.45, 2.75) is 19.9 Å². The molecule has 0 bridgehead atoms. The Morgan fingerprint density at radius 1 is 1.07 bits per heavy atom. The number of rotatable bonds is 6. The number of hydrogen-bond donors (Lipinski definition) is 0. The van der Waals surface area contributed by atoms with Crippen LogP contribution < -0.4 is 0 Å². The third-order valence-electron chi connectivity index (χ3n) is 5.19. The minimum Gasteiger partial charge on any atom is -0.339 e. The fourth-order valence-corrected chi connectivity index (χ4v) is 4.53. The highest BCUT2D eigenvalue weighted by molar-refractivity contribution is 7.13. The van der Waals surface area contributed by atoms with Crippen molar-refractivity contribution >= 4 is 17.2 Å². The molecular formula is C22H26N4OS. The third kappa shape index (κ3) is 4.18. The summed E-state index contributed by atoms with van der Waals surface area (Å²) in [5.74, 6) is 0.188. The fraction of sp³-hybridized carbons (Fsp3) is 0.364. The van der Waals surface area contributed by atoms with Crippen molar-refractivity contribution in [3.8, 4) is 22.0 Å². The van der Waals surface area contributed by atoms with E-state index in [0.29, 0.717) is 6.54 Å². The van der Waals surface area contributed by atoms with Crippen LogP contribution in [0.15, 0.2) is 54.0 Å². The summed E-state index contributed by atoms with van der Waals surface area (Å²) < 4.78 is 2.02. The average Bonchev–Trinajstić information content (AvgIpc) is 3.39. The first-order valence-electron chi connectivity index (χ1n) is 9.91. The van der Waals surface area contributed by atoms with Crippen molar-refractivity contribution in [2.24, 2.45) is 0 Å². The second kappa shape index (κ2) is 8.71. The van der Waals surface area contributed by atoms with E-state index in [1.165, 1.54) is 6.42 Å². The number of carbonyl (C=O) groups excluding carboxylic acids is 1. The molecule has 0 saturated carbocycles. The van der Waals surface area contributed by atoms with Crippen LogP contribution >= 0.6 is 11.3 Å². The summed E-state index contributed by atoms with van der Waals surface area (Å²) in [5.41, 5.74) is 3.10. The van der Waals surface area contributed by atoms with Crippen molar-refractivity contribution in [1.82, 2.24) is 19.4 Å². The van der Waals surface area contributed by atoms with Crippen LogP contribution in [0.4, 0.5) is 0 Å². The first kappa shape index (κ1) is 18.9. The lowest BCUT2D eigenvalue weighted by Crippen LogP contribution is -2.49. The number of nitrogens with zero attached hydrogens (tertiary/aromatic N) is 4. The van der Waals surface area contributed by atoms with Crippen LogP contribution in [0, 0.1) is 0 Å². The number of piperazine rings is 1. The summed E-state index contributed by atoms with van der Waals surface area (Å²) in [4.78, 5) is 22.0. The van der Waals surface area contributed by atoms with Crippen molar-refractivity contribution in [2.75, 3.05) is 32.7 Å². The lowest BCUT2D eigenvalue weighted by Gasteiger charge is -2.34. The van der Waals surface area contributed by atoms with Gasteiger partial charge in [0, 0.05) is 43.3 Å². The summed E-state index contributed by atoms with van der Waals surface area (Å²) in [6.45, 7) is 7.30. The van der Waals surface area contributed by atoms with Gasteiger partial charge in [0.2, 0.25) is 5.91 Å². The summed E-state index contributed by atoms with van der Waals surface area (Å²) in [6, 6.07) is 14.2. The number of aromatic nitrogens is 2. The quantitative estimate of drug-likeness (QED) is 0.638. The van der Waals surface area contributed by atoms with Gasteiger partial charge in [-0.1, -0.05) is 37.3 Å². The Morgan fingerprint density at radius 2 is 1.86 bits per heavy atom. The monoisotopic (exact) mass is 394 g/mol. The Hall–Kier alpha value is -2.44. The molecule has 5 nitrogen and oxygen atoms in total. The molecule has 6 heteroatoms. The van der Waals surface area contributed by atoms with Gasteiger partial charge in [-0.15, -0.1) is 11.3 Å². The number of thiazole rings is 1. The molecule has 28 heavy (non-hydrogen) atoms. The maximum Gasteiger partial charge on any atom is 0.242 e. The molecule has 1 amide bonds. The highest BCUT2D eigenvalue weighted by atomic mass is 32.1. The zero-order valence-electron chi connectivity index (χ0n) is 16.3. The van der Waals surface area contributed by atoms with E-state index in [0.717, 1.165) is 54.7 Å². The molecule has 146 valence electrons. The molecule has 0 unspecified atom stereocenters. The van der Waals surface area contributed by atoms with Gasteiger partial charge in [-0.25, -0.2) is 4.98 Å². The average molecular weight is 395 g/mol. The first-order valence-corrected chi connectivity index (χ1v) is 10.8. The second-order valence-electron chi connectivity index (χ2n) is 7.15. The molecular weight excluding hydrogens is 368 g/mol. The number of carbonyl (C=O) groups is 1. The number of benzene rings is 1. The van der Waals surface area contributed by atoms with E-state index in [9.17, 15) is 4.79 Å². The van der Waals surface area contributed by atoms with Crippen molar-refractivity contribution in [3.05, 3.63) is 54.0 Å². The summed E-state index contributed by atoms with van der Waals surface area (Å²) >= 11 is 1.62. The lowest BCUT2D eigenvalue weighted by atomic mass is 10.2. The van der Waals surface area contributed by atoms with Crippen molar-refractivity contribution in [3.63, 3.8) is 0 Å². The van der Waals surface area contributed by atoms with E-state index in [4.69, 9.17) is 4.98 Å². The highest BCUT2D eigenvalue weighted by Gasteiger charge is 2.21. The van der Waals surface area contributed by atoms with Crippen molar-refractivity contribution in [1.29, 1.82) is 0 Å². The molecule has 0 N–H and O–H groups in total. The summed E-state index contributed by atoms with van der Waals surface area (Å²) in [5, 5.41) is 3.03. The van der Waals surface area contributed by atoms with Crippen molar-refractivity contribution < 1.29 is 4.79 Å². The molecule has 1 saturated heterocycles. The Labute approximate surface area is 170 Å². The molecule has 1 aliphatic rings. The summed E-state index contributed by atoms with van der Waals surface area (Å²) in [6.07, 6.45) is 3.14. The minimum atomic E-state index is 0.188. The Balaban J connectivity index is 1.44. The molecule has 0 radical (unpaired) electrons. The van der Waals surface area contributed by atoms with Crippen LogP contribution in [-0.2, 0) is 11.3 Å². The van der Waals surface area contributed by atoms with Crippen LogP contribution in [0.5, 0.6) is 0 Å². The Morgan fingerprint density at radius 3 is 2.61 bits per heavy atom. The minimum absolute atomic E-state index is 0.188. The van der Waals surface area contributed by atoms with Gasteiger partial charge < -0.3 is 9.47 Å². The van der Waals surface area contributed by atoms with E-state index in [2.05, 4.69) is 29.3 Å². The van der Waals surface area contributed by atoms with Crippen LogP contribution in [0.25, 0.3) is 22.0 Å². The molecule has 1 fully saturated rings. The molecule has 2 aromatic heterocycles. The van der Waals surface area contributed by atoms with E-state index in [-0.39, 0.29) is 5.91 Å². The van der Waals surface area contributed by atoms with Crippen LogP contribution in [0.3, 0.4) is 0 Å². The van der Waals surface area contributed by atoms with E-state index < -0.39 is 0 Å². The van der Waals surface area contributed by atoms with E-state index >= 15 is 0 Å². The maximum absolute atomic E-state index is 12.8. The van der Waals surface area contributed by atoms with Gasteiger partial charge in [0.1, 0.15) is 11.6 Å². The molecule has 0 atom stereocenters. The van der Waals surface area contributed by atoms with E-state index in [1.54, 1.807) is 11.3 Å².